The van der Waals surface area contributed by atoms with Gasteiger partial charge >= 0.3 is 6.18 Å². The zero-order valence-electron chi connectivity index (χ0n) is 10.2. The molecule has 0 radical (unpaired) electrons. The number of alkyl halides is 3. The zero-order chi connectivity index (χ0) is 13.9. The molecule has 2 rings (SSSR count). The first kappa shape index (κ1) is 13.9. The lowest BCUT2D eigenvalue weighted by Gasteiger charge is -2.29. The number of amides is 1. The number of nitrogens with one attached hydrogen (secondary N) is 2. The molecular formula is C11H15F3N4O. The van der Waals surface area contributed by atoms with E-state index in [0.717, 1.165) is 0 Å². The normalized spacial score (nSPS) is 23.5. The Morgan fingerprint density at radius 3 is 2.84 bits per heavy atom. The maximum absolute atomic E-state index is 13.1. The summed E-state index contributed by atoms with van der Waals surface area (Å²) in [7, 11) is 0. The molecule has 0 aromatic carbocycles. The molecule has 1 aliphatic heterocycles. The fourth-order valence-corrected chi connectivity index (χ4v) is 2.14. The number of carbonyl (C=O) groups excluding carboxylic acids is 1. The first-order valence-electron chi connectivity index (χ1n) is 5.97. The fourth-order valence-electron chi connectivity index (χ4n) is 2.14. The van der Waals surface area contributed by atoms with Crippen molar-refractivity contribution in [3.05, 3.63) is 18.7 Å². The number of nitrogens with zero attached hydrogens (tertiary/aromatic N) is 2. The van der Waals surface area contributed by atoms with Gasteiger partial charge in [-0.25, -0.2) is 4.98 Å². The maximum atomic E-state index is 13.1. The van der Waals surface area contributed by atoms with Crippen molar-refractivity contribution in [2.45, 2.75) is 19.1 Å². The third-order valence-electron chi connectivity index (χ3n) is 3.35. The second kappa shape index (κ2) is 5.20. The van der Waals surface area contributed by atoms with Crippen LogP contribution < -0.4 is 10.6 Å². The largest absolute Gasteiger partial charge is 0.404 e. The minimum atomic E-state index is -4.53. The minimum absolute atomic E-state index is 0.146. The Morgan fingerprint density at radius 2 is 2.32 bits per heavy atom. The van der Waals surface area contributed by atoms with E-state index in [1.807, 2.05) is 0 Å². The monoisotopic (exact) mass is 276 g/mol. The standard InChI is InChI=1S/C11H15F3N4O/c12-11(13,14)10(1-2-15-7-10)9(19)17-4-6-18-5-3-16-8-18/h3,5,8,15H,1-2,4,6-7H2,(H,17,19). The Hall–Kier alpha value is -1.57. The molecule has 1 unspecified atom stereocenters. The summed E-state index contributed by atoms with van der Waals surface area (Å²) in [5.74, 6) is -0.954. The third-order valence-corrected chi connectivity index (χ3v) is 3.35. The molecule has 5 nitrogen and oxygen atoms in total. The topological polar surface area (TPSA) is 59.0 Å². The van der Waals surface area contributed by atoms with E-state index < -0.39 is 17.5 Å². The molecule has 1 aliphatic rings. The Bertz CT molecular complexity index is 424. The van der Waals surface area contributed by atoms with E-state index in [-0.39, 0.29) is 26.1 Å². The molecule has 1 amide bonds. The number of rotatable bonds is 4. The van der Waals surface area contributed by atoms with E-state index in [1.54, 1.807) is 23.3 Å². The number of aromatic nitrogens is 2. The maximum Gasteiger partial charge on any atom is 0.404 e. The molecular weight excluding hydrogens is 261 g/mol. The van der Waals surface area contributed by atoms with E-state index in [2.05, 4.69) is 15.6 Å². The van der Waals surface area contributed by atoms with Crippen molar-refractivity contribution in [3.63, 3.8) is 0 Å². The summed E-state index contributed by atoms with van der Waals surface area (Å²) >= 11 is 0. The quantitative estimate of drug-likeness (QED) is 0.844. The molecule has 19 heavy (non-hydrogen) atoms. The van der Waals surface area contributed by atoms with Crippen LogP contribution in [0.15, 0.2) is 18.7 Å². The van der Waals surface area contributed by atoms with Crippen molar-refractivity contribution in [1.82, 2.24) is 20.2 Å². The predicted molar refractivity (Wildman–Crippen MR) is 61.2 cm³/mol. The van der Waals surface area contributed by atoms with Gasteiger partial charge in [0.1, 0.15) is 0 Å². The molecule has 1 aromatic rings. The summed E-state index contributed by atoms with van der Waals surface area (Å²) < 4.78 is 40.8. The van der Waals surface area contributed by atoms with Crippen molar-refractivity contribution in [3.8, 4) is 0 Å². The highest BCUT2D eigenvalue weighted by molar-refractivity contribution is 5.84. The first-order chi connectivity index (χ1) is 8.96. The number of halogens is 3. The number of imidazole rings is 1. The smallest absolute Gasteiger partial charge is 0.353 e. The van der Waals surface area contributed by atoms with Crippen LogP contribution in [-0.2, 0) is 11.3 Å². The molecule has 1 fully saturated rings. The molecule has 0 saturated carbocycles. The Balaban J connectivity index is 1.93. The Morgan fingerprint density at radius 1 is 1.53 bits per heavy atom. The first-order valence-corrected chi connectivity index (χ1v) is 5.97. The summed E-state index contributed by atoms with van der Waals surface area (Å²) in [5.41, 5.74) is -2.29. The van der Waals surface area contributed by atoms with Gasteiger partial charge in [-0.15, -0.1) is 0 Å². The van der Waals surface area contributed by atoms with Crippen LogP contribution in [0, 0.1) is 5.41 Å². The van der Waals surface area contributed by atoms with Gasteiger partial charge in [-0.05, 0) is 13.0 Å². The molecule has 0 aliphatic carbocycles. The fraction of sp³-hybridized carbons (Fsp3) is 0.636. The number of hydrogen-bond acceptors (Lipinski definition) is 3. The van der Waals surface area contributed by atoms with Crippen molar-refractivity contribution in [2.75, 3.05) is 19.6 Å². The van der Waals surface area contributed by atoms with Crippen LogP contribution in [0.4, 0.5) is 13.2 Å². The van der Waals surface area contributed by atoms with Crippen LogP contribution in [0.2, 0.25) is 0 Å². The van der Waals surface area contributed by atoms with Crippen LogP contribution in [0.25, 0.3) is 0 Å². The number of carbonyl (C=O) groups is 1. The highest BCUT2D eigenvalue weighted by Crippen LogP contribution is 2.43. The van der Waals surface area contributed by atoms with E-state index in [4.69, 9.17) is 0 Å². The van der Waals surface area contributed by atoms with Crippen LogP contribution in [0.3, 0.4) is 0 Å². The minimum Gasteiger partial charge on any atom is -0.353 e. The average Bonchev–Trinajstić information content (AvgIpc) is 2.99. The van der Waals surface area contributed by atoms with Crippen LogP contribution in [0.5, 0.6) is 0 Å². The van der Waals surface area contributed by atoms with Crippen molar-refractivity contribution in [2.24, 2.45) is 5.41 Å². The van der Waals surface area contributed by atoms with E-state index in [9.17, 15) is 18.0 Å². The molecule has 1 aromatic heterocycles. The van der Waals surface area contributed by atoms with E-state index >= 15 is 0 Å². The molecule has 2 N–H and O–H groups in total. The van der Waals surface area contributed by atoms with Gasteiger partial charge < -0.3 is 15.2 Å². The third kappa shape index (κ3) is 2.73. The highest BCUT2D eigenvalue weighted by Gasteiger charge is 2.61. The van der Waals surface area contributed by atoms with Gasteiger partial charge in [-0.1, -0.05) is 0 Å². The highest BCUT2D eigenvalue weighted by atomic mass is 19.4. The second-order valence-corrected chi connectivity index (χ2v) is 4.56. The lowest BCUT2D eigenvalue weighted by atomic mass is 9.85. The summed E-state index contributed by atoms with van der Waals surface area (Å²) in [6.07, 6.45) is 0.0501. The van der Waals surface area contributed by atoms with Gasteiger partial charge in [-0.3, -0.25) is 4.79 Å². The molecule has 0 bridgehead atoms. The lowest BCUT2D eigenvalue weighted by molar-refractivity contribution is -0.216. The van der Waals surface area contributed by atoms with E-state index in [0.29, 0.717) is 6.54 Å². The van der Waals surface area contributed by atoms with E-state index in [1.165, 1.54) is 0 Å². The molecule has 0 spiro atoms. The molecule has 106 valence electrons. The Labute approximate surface area is 108 Å². The predicted octanol–water partition coefficient (Wildman–Crippen LogP) is 0.541. The van der Waals surface area contributed by atoms with Crippen molar-refractivity contribution in [1.29, 1.82) is 0 Å². The summed E-state index contributed by atoms with van der Waals surface area (Å²) in [6, 6.07) is 0. The van der Waals surface area contributed by atoms with Crippen molar-refractivity contribution >= 4 is 5.91 Å². The lowest BCUT2D eigenvalue weighted by Crippen LogP contribution is -2.52. The van der Waals surface area contributed by atoms with Crippen LogP contribution >= 0.6 is 0 Å². The van der Waals surface area contributed by atoms with Gasteiger partial charge in [0.15, 0.2) is 5.41 Å². The van der Waals surface area contributed by atoms with Gasteiger partial charge in [0.25, 0.3) is 0 Å². The molecule has 8 heteroatoms. The SMILES string of the molecule is O=C(NCCn1ccnc1)C1(C(F)(F)F)CCNC1. The zero-order valence-corrected chi connectivity index (χ0v) is 10.2. The Kier molecular flexibility index (Phi) is 3.79. The van der Waals surface area contributed by atoms with Gasteiger partial charge in [0.2, 0.25) is 5.91 Å². The molecule has 1 saturated heterocycles. The average molecular weight is 276 g/mol. The van der Waals surface area contributed by atoms with Crippen LogP contribution in [0.1, 0.15) is 6.42 Å². The number of hydrogen-bond donors (Lipinski definition) is 2. The molecule has 1 atom stereocenters. The van der Waals surface area contributed by atoms with Crippen molar-refractivity contribution < 1.29 is 18.0 Å². The summed E-state index contributed by atoms with van der Waals surface area (Å²) in [4.78, 5) is 15.7. The molecule has 2 heterocycles. The van der Waals surface area contributed by atoms with Gasteiger partial charge in [0, 0.05) is 32.0 Å². The second-order valence-electron chi connectivity index (χ2n) is 4.56. The summed E-state index contributed by atoms with van der Waals surface area (Å²) in [5, 5.41) is 4.97. The summed E-state index contributed by atoms with van der Waals surface area (Å²) in [6.45, 7) is 0.391. The van der Waals surface area contributed by atoms with Gasteiger partial charge in [-0.2, -0.15) is 13.2 Å². The van der Waals surface area contributed by atoms with Gasteiger partial charge in [0.05, 0.1) is 6.33 Å². The van der Waals surface area contributed by atoms with Crippen LogP contribution in [-0.4, -0.2) is 41.3 Å².